The molecule has 3 nitrogen and oxygen atoms in total. The van der Waals surface area contributed by atoms with E-state index in [4.69, 9.17) is 21.1 Å². The average molecular weight is 428 g/mol. The van der Waals surface area contributed by atoms with Crippen LogP contribution >= 0.6 is 11.6 Å². The lowest BCUT2D eigenvalue weighted by atomic mass is 10.1. The number of methoxy groups -OCH3 is 1. The number of aryl methyl sites for hydroxylation is 1. The summed E-state index contributed by atoms with van der Waals surface area (Å²) in [5, 5.41) is 3.97. The van der Waals surface area contributed by atoms with Gasteiger partial charge in [0.15, 0.2) is 11.5 Å². The topological polar surface area (TPSA) is 30.5 Å². The van der Waals surface area contributed by atoms with Gasteiger partial charge in [-0.3, -0.25) is 0 Å². The smallest absolute Gasteiger partial charge is 0.180 e. The van der Waals surface area contributed by atoms with Crippen molar-refractivity contribution in [2.24, 2.45) is 0 Å². The van der Waals surface area contributed by atoms with E-state index in [9.17, 15) is 4.39 Å². The Labute approximate surface area is 182 Å². The summed E-state index contributed by atoms with van der Waals surface area (Å²) in [6.45, 7) is 2.92. The maximum Gasteiger partial charge on any atom is 0.180 e. The van der Waals surface area contributed by atoms with E-state index in [-0.39, 0.29) is 12.4 Å². The van der Waals surface area contributed by atoms with Crippen molar-refractivity contribution in [3.05, 3.63) is 94.3 Å². The Morgan fingerprint density at radius 3 is 2.47 bits per heavy atom. The van der Waals surface area contributed by atoms with E-state index in [1.165, 1.54) is 11.6 Å². The molecule has 3 aromatic carbocycles. The van der Waals surface area contributed by atoms with Crippen molar-refractivity contribution in [1.29, 1.82) is 0 Å². The third-order valence-electron chi connectivity index (χ3n) is 4.98. The largest absolute Gasteiger partial charge is 0.493 e. The number of nitrogens with one attached hydrogen (secondary N) is 1. The summed E-state index contributed by atoms with van der Waals surface area (Å²) in [4.78, 5) is 0. The van der Waals surface area contributed by atoms with E-state index >= 15 is 0 Å². The minimum absolute atomic E-state index is 0.0802. The minimum Gasteiger partial charge on any atom is -0.493 e. The van der Waals surface area contributed by atoms with Crippen LogP contribution in [0, 0.1) is 5.82 Å². The second-order valence-corrected chi connectivity index (χ2v) is 7.70. The highest BCUT2D eigenvalue weighted by atomic mass is 35.5. The molecule has 0 aliphatic carbocycles. The summed E-state index contributed by atoms with van der Waals surface area (Å²) in [6, 6.07) is 21.1. The monoisotopic (exact) mass is 427 g/mol. The highest BCUT2D eigenvalue weighted by molar-refractivity contribution is 6.32. The van der Waals surface area contributed by atoms with Crippen LogP contribution in [-0.4, -0.2) is 13.2 Å². The minimum atomic E-state index is -0.308. The van der Waals surface area contributed by atoms with E-state index in [0.717, 1.165) is 18.4 Å². The van der Waals surface area contributed by atoms with E-state index < -0.39 is 0 Å². The third-order valence-corrected chi connectivity index (χ3v) is 5.26. The SMILES string of the molecule is COc1cc(CN[C@@H](C)CCc2ccccc2)cc(Cl)c1OCc1ccccc1F. The molecule has 0 aromatic heterocycles. The van der Waals surface area contributed by atoms with Crippen LogP contribution in [0.3, 0.4) is 0 Å². The van der Waals surface area contributed by atoms with E-state index in [0.29, 0.717) is 34.7 Å². The Balaban J connectivity index is 1.58. The number of halogens is 2. The molecule has 5 heteroatoms. The molecule has 0 aliphatic rings. The summed E-state index contributed by atoms with van der Waals surface area (Å²) in [5.74, 6) is 0.647. The Kier molecular flexibility index (Phi) is 8.12. The van der Waals surface area contributed by atoms with E-state index in [1.54, 1.807) is 25.3 Å². The summed E-state index contributed by atoms with van der Waals surface area (Å²) < 4.78 is 25.1. The van der Waals surface area contributed by atoms with Gasteiger partial charge in [-0.25, -0.2) is 4.39 Å². The normalized spacial score (nSPS) is 11.9. The summed E-state index contributed by atoms with van der Waals surface area (Å²) in [5.41, 5.74) is 2.81. The third kappa shape index (κ3) is 6.22. The molecule has 158 valence electrons. The first kappa shape index (κ1) is 22.1. The molecular weight excluding hydrogens is 401 g/mol. The molecule has 1 atom stereocenters. The zero-order chi connectivity index (χ0) is 21.3. The second-order valence-electron chi connectivity index (χ2n) is 7.30. The number of rotatable bonds is 10. The fraction of sp³-hybridized carbons (Fsp3) is 0.280. The molecule has 30 heavy (non-hydrogen) atoms. The first-order valence-electron chi connectivity index (χ1n) is 10.1. The quantitative estimate of drug-likeness (QED) is 0.419. The van der Waals surface area contributed by atoms with Gasteiger partial charge in [0, 0.05) is 18.2 Å². The summed E-state index contributed by atoms with van der Waals surface area (Å²) >= 11 is 6.45. The number of hydrogen-bond donors (Lipinski definition) is 1. The molecule has 0 aliphatic heterocycles. The molecular formula is C25H27ClFNO2. The van der Waals surface area contributed by atoms with Crippen LogP contribution in [0.5, 0.6) is 11.5 Å². The predicted molar refractivity (Wildman–Crippen MR) is 120 cm³/mol. The number of hydrogen-bond acceptors (Lipinski definition) is 3. The highest BCUT2D eigenvalue weighted by Gasteiger charge is 2.14. The maximum atomic E-state index is 13.8. The van der Waals surface area contributed by atoms with Gasteiger partial charge in [-0.2, -0.15) is 0 Å². The van der Waals surface area contributed by atoms with Gasteiger partial charge in [0.1, 0.15) is 12.4 Å². The van der Waals surface area contributed by atoms with Gasteiger partial charge in [-0.15, -0.1) is 0 Å². The van der Waals surface area contributed by atoms with Crippen LogP contribution in [0.2, 0.25) is 5.02 Å². The molecule has 3 rings (SSSR count). The maximum absolute atomic E-state index is 13.8. The zero-order valence-electron chi connectivity index (χ0n) is 17.3. The lowest BCUT2D eigenvalue weighted by Gasteiger charge is -2.17. The van der Waals surface area contributed by atoms with Crippen LogP contribution in [0.25, 0.3) is 0 Å². The number of benzene rings is 3. The van der Waals surface area contributed by atoms with E-state index in [1.807, 2.05) is 18.2 Å². The van der Waals surface area contributed by atoms with Crippen LogP contribution in [-0.2, 0) is 19.6 Å². The molecule has 0 heterocycles. The Morgan fingerprint density at radius 1 is 1.00 bits per heavy atom. The molecule has 0 fully saturated rings. The second kappa shape index (κ2) is 11.0. The van der Waals surface area contributed by atoms with Crippen LogP contribution in [0.1, 0.15) is 30.0 Å². The standard InChI is InChI=1S/C25H27ClFNO2/c1-18(12-13-19-8-4-3-5-9-19)28-16-20-14-22(26)25(24(15-20)29-2)30-17-21-10-6-7-11-23(21)27/h3-11,14-15,18,28H,12-13,16-17H2,1-2H3/t18-/m0/s1. The van der Waals surface area contributed by atoms with E-state index in [2.05, 4.69) is 36.5 Å². The van der Waals surface area contributed by atoms with Crippen molar-refractivity contribution in [2.75, 3.05) is 7.11 Å². The molecule has 0 radical (unpaired) electrons. The van der Waals surface area contributed by atoms with Gasteiger partial charge in [-0.05, 0) is 49.1 Å². The summed E-state index contributed by atoms with van der Waals surface area (Å²) in [6.07, 6.45) is 2.07. The molecule has 0 saturated carbocycles. The fourth-order valence-electron chi connectivity index (χ4n) is 3.20. The van der Waals surface area contributed by atoms with Gasteiger partial charge in [0.25, 0.3) is 0 Å². The molecule has 0 spiro atoms. The lowest BCUT2D eigenvalue weighted by Crippen LogP contribution is -2.26. The molecule has 0 bridgehead atoms. The van der Waals surface area contributed by atoms with Crippen molar-refractivity contribution in [3.8, 4) is 11.5 Å². The van der Waals surface area contributed by atoms with Crippen molar-refractivity contribution in [2.45, 2.75) is 39.0 Å². The molecule has 1 N–H and O–H groups in total. The Hall–Kier alpha value is -2.56. The molecule has 3 aromatic rings. The van der Waals surface area contributed by atoms with Crippen molar-refractivity contribution in [3.63, 3.8) is 0 Å². The van der Waals surface area contributed by atoms with Gasteiger partial charge in [-0.1, -0.05) is 60.1 Å². The van der Waals surface area contributed by atoms with Crippen molar-refractivity contribution >= 4 is 11.6 Å². The van der Waals surface area contributed by atoms with Crippen molar-refractivity contribution in [1.82, 2.24) is 5.32 Å². The first-order valence-corrected chi connectivity index (χ1v) is 10.4. The van der Waals surface area contributed by atoms with Crippen molar-refractivity contribution < 1.29 is 13.9 Å². The Bertz CT molecular complexity index is 949. The van der Waals surface area contributed by atoms with Gasteiger partial charge in [0.2, 0.25) is 0 Å². The van der Waals surface area contributed by atoms with Gasteiger partial charge in [0.05, 0.1) is 12.1 Å². The zero-order valence-corrected chi connectivity index (χ0v) is 18.1. The fourth-order valence-corrected chi connectivity index (χ4v) is 3.49. The van der Waals surface area contributed by atoms with Crippen LogP contribution in [0.15, 0.2) is 66.7 Å². The van der Waals surface area contributed by atoms with Gasteiger partial charge < -0.3 is 14.8 Å². The Morgan fingerprint density at radius 2 is 1.73 bits per heavy atom. The molecule has 0 amide bonds. The van der Waals surface area contributed by atoms with Gasteiger partial charge >= 0.3 is 0 Å². The number of ether oxygens (including phenoxy) is 2. The predicted octanol–water partition coefficient (Wildman–Crippen LogP) is 6.18. The summed E-state index contributed by atoms with van der Waals surface area (Å²) in [7, 11) is 1.57. The average Bonchev–Trinajstić information content (AvgIpc) is 2.77. The first-order chi connectivity index (χ1) is 14.6. The molecule has 0 unspecified atom stereocenters. The lowest BCUT2D eigenvalue weighted by molar-refractivity contribution is 0.279. The molecule has 0 saturated heterocycles. The van der Waals surface area contributed by atoms with Crippen LogP contribution < -0.4 is 14.8 Å². The highest BCUT2D eigenvalue weighted by Crippen LogP contribution is 2.37. The van der Waals surface area contributed by atoms with Crippen LogP contribution in [0.4, 0.5) is 4.39 Å².